The maximum atomic E-state index is 12.5. The molecule has 0 bridgehead atoms. The molecule has 1 saturated heterocycles. The number of likely N-dealkylation sites (tertiary alicyclic amines) is 1. The molecular weight excluding hydrogens is 356 g/mol. The molecule has 1 aliphatic heterocycles. The van der Waals surface area contributed by atoms with E-state index in [0.717, 1.165) is 31.2 Å². The van der Waals surface area contributed by atoms with Crippen LogP contribution in [-0.2, 0) is 26.0 Å². The van der Waals surface area contributed by atoms with E-state index in [2.05, 4.69) is 4.72 Å². The Kier molecular flexibility index (Phi) is 5.62. The third-order valence-electron chi connectivity index (χ3n) is 5.19. The summed E-state index contributed by atoms with van der Waals surface area (Å²) < 4.78 is 27.3. The zero-order valence-corrected chi connectivity index (χ0v) is 15.3. The van der Waals surface area contributed by atoms with Crippen LogP contribution in [0.25, 0.3) is 0 Å². The number of carboxylic acid groups (broad SMARTS) is 1. The highest BCUT2D eigenvalue weighted by atomic mass is 32.2. The van der Waals surface area contributed by atoms with Crippen LogP contribution in [0.1, 0.15) is 31.2 Å². The monoisotopic (exact) mass is 380 g/mol. The molecule has 2 aliphatic rings. The molecule has 0 unspecified atom stereocenters. The summed E-state index contributed by atoms with van der Waals surface area (Å²) in [6, 6.07) is 7.67. The summed E-state index contributed by atoms with van der Waals surface area (Å²) in [7, 11) is -3.80. The van der Waals surface area contributed by atoms with E-state index >= 15 is 0 Å². The largest absolute Gasteiger partial charge is 0.480 e. The number of hydrogen-bond acceptors (Lipinski definition) is 4. The Labute approximate surface area is 153 Å². The highest BCUT2D eigenvalue weighted by Gasteiger charge is 2.43. The van der Waals surface area contributed by atoms with Crippen molar-refractivity contribution in [2.24, 2.45) is 5.92 Å². The van der Waals surface area contributed by atoms with Crippen molar-refractivity contribution < 1.29 is 23.1 Å². The van der Waals surface area contributed by atoms with Crippen LogP contribution >= 0.6 is 0 Å². The molecule has 1 heterocycles. The van der Waals surface area contributed by atoms with E-state index in [-0.39, 0.29) is 31.3 Å². The van der Waals surface area contributed by atoms with Gasteiger partial charge in [0.15, 0.2) is 0 Å². The van der Waals surface area contributed by atoms with Crippen LogP contribution < -0.4 is 4.72 Å². The minimum Gasteiger partial charge on any atom is -0.480 e. The van der Waals surface area contributed by atoms with Gasteiger partial charge in [-0.05, 0) is 24.8 Å². The van der Waals surface area contributed by atoms with Gasteiger partial charge in [0.2, 0.25) is 15.9 Å². The fourth-order valence-corrected chi connectivity index (χ4v) is 5.09. The summed E-state index contributed by atoms with van der Waals surface area (Å²) in [6.45, 7) is 0.282. The van der Waals surface area contributed by atoms with Gasteiger partial charge in [0.05, 0.1) is 0 Å². The summed E-state index contributed by atoms with van der Waals surface area (Å²) in [5.41, 5.74) is 0.745. The van der Waals surface area contributed by atoms with Crippen LogP contribution in [0.3, 0.4) is 0 Å². The standard InChI is InChI=1S/C18H24N2O5S/c21-17(14-8-4-5-9-14)20-11-15(12-20)26(24,25)19-16(18(22)23)10-13-6-2-1-3-7-13/h1-3,6-7,14-16,19H,4-5,8-12H2,(H,22,23)/t16-/m0/s1. The van der Waals surface area contributed by atoms with Crippen molar-refractivity contribution in [2.75, 3.05) is 13.1 Å². The number of rotatable bonds is 7. The second-order valence-electron chi connectivity index (χ2n) is 7.09. The van der Waals surface area contributed by atoms with Gasteiger partial charge in [-0.25, -0.2) is 13.1 Å². The molecule has 7 nitrogen and oxygen atoms in total. The fourth-order valence-electron chi connectivity index (χ4n) is 3.57. The lowest BCUT2D eigenvalue weighted by molar-refractivity contribution is -0.140. The van der Waals surface area contributed by atoms with E-state index in [4.69, 9.17) is 0 Å². The Balaban J connectivity index is 1.57. The number of nitrogens with one attached hydrogen (secondary N) is 1. The lowest BCUT2D eigenvalue weighted by atomic mass is 10.0. The number of sulfonamides is 1. The summed E-state index contributed by atoms with van der Waals surface area (Å²) in [5.74, 6) is -1.15. The van der Waals surface area contributed by atoms with Gasteiger partial charge in [0.25, 0.3) is 0 Å². The fraction of sp³-hybridized carbons (Fsp3) is 0.556. The maximum absolute atomic E-state index is 12.5. The molecule has 3 rings (SSSR count). The normalized spacial score (nSPS) is 19.9. The Hall–Kier alpha value is -1.93. The summed E-state index contributed by atoms with van der Waals surface area (Å²) >= 11 is 0. The van der Waals surface area contributed by atoms with Crippen molar-refractivity contribution >= 4 is 21.9 Å². The van der Waals surface area contributed by atoms with E-state index in [1.807, 2.05) is 6.07 Å². The van der Waals surface area contributed by atoms with Gasteiger partial charge in [-0.1, -0.05) is 43.2 Å². The van der Waals surface area contributed by atoms with Crippen LogP contribution in [0, 0.1) is 5.92 Å². The molecule has 1 aromatic carbocycles. The number of carboxylic acids is 1. The minimum atomic E-state index is -3.80. The Morgan fingerprint density at radius 2 is 1.77 bits per heavy atom. The van der Waals surface area contributed by atoms with Gasteiger partial charge in [-0.2, -0.15) is 0 Å². The number of aliphatic carboxylic acids is 1. The van der Waals surface area contributed by atoms with Gasteiger partial charge in [0, 0.05) is 19.0 Å². The molecule has 1 aliphatic carbocycles. The molecule has 0 spiro atoms. The smallest absolute Gasteiger partial charge is 0.322 e. The quantitative estimate of drug-likeness (QED) is 0.735. The SMILES string of the molecule is O=C(O)[C@H](Cc1ccccc1)NS(=O)(=O)C1CN(C(=O)C2CCCC2)C1. The van der Waals surface area contributed by atoms with Gasteiger partial charge >= 0.3 is 5.97 Å². The first-order chi connectivity index (χ1) is 12.4. The number of nitrogens with zero attached hydrogens (tertiary/aromatic N) is 1. The molecule has 8 heteroatoms. The highest BCUT2D eigenvalue weighted by Crippen LogP contribution is 2.29. The molecule has 0 radical (unpaired) electrons. The molecule has 2 N–H and O–H groups in total. The average Bonchev–Trinajstić information content (AvgIpc) is 3.07. The molecule has 1 atom stereocenters. The molecule has 2 fully saturated rings. The molecule has 1 aromatic rings. The van der Waals surface area contributed by atoms with Gasteiger partial charge in [-0.3, -0.25) is 9.59 Å². The van der Waals surface area contributed by atoms with E-state index in [9.17, 15) is 23.1 Å². The van der Waals surface area contributed by atoms with Crippen molar-refractivity contribution in [3.63, 3.8) is 0 Å². The van der Waals surface area contributed by atoms with E-state index < -0.39 is 27.3 Å². The number of amides is 1. The Morgan fingerprint density at radius 1 is 1.15 bits per heavy atom. The van der Waals surface area contributed by atoms with Crippen molar-refractivity contribution in [3.8, 4) is 0 Å². The maximum Gasteiger partial charge on any atom is 0.322 e. The zero-order valence-electron chi connectivity index (χ0n) is 14.5. The van der Waals surface area contributed by atoms with Crippen LogP contribution in [0.4, 0.5) is 0 Å². The number of carbonyl (C=O) groups excluding carboxylic acids is 1. The predicted octanol–water partition coefficient (Wildman–Crippen LogP) is 1.00. The summed E-state index contributed by atoms with van der Waals surface area (Å²) in [5, 5.41) is 8.62. The molecule has 26 heavy (non-hydrogen) atoms. The summed E-state index contributed by atoms with van der Waals surface area (Å²) in [4.78, 5) is 25.3. The van der Waals surface area contributed by atoms with E-state index in [0.29, 0.717) is 0 Å². The van der Waals surface area contributed by atoms with Crippen molar-refractivity contribution in [2.45, 2.75) is 43.4 Å². The second-order valence-corrected chi connectivity index (χ2v) is 9.08. The Bertz CT molecular complexity index is 753. The molecule has 142 valence electrons. The molecule has 1 amide bonds. The molecule has 1 saturated carbocycles. The van der Waals surface area contributed by atoms with E-state index in [1.54, 1.807) is 29.2 Å². The van der Waals surface area contributed by atoms with Crippen molar-refractivity contribution in [1.82, 2.24) is 9.62 Å². The first-order valence-corrected chi connectivity index (χ1v) is 10.5. The topological polar surface area (TPSA) is 104 Å². The lowest BCUT2D eigenvalue weighted by Gasteiger charge is -2.40. The molecular formula is C18H24N2O5S. The highest BCUT2D eigenvalue weighted by molar-refractivity contribution is 7.90. The third kappa shape index (κ3) is 4.24. The van der Waals surface area contributed by atoms with Crippen LogP contribution in [0.5, 0.6) is 0 Å². The zero-order chi connectivity index (χ0) is 18.7. The van der Waals surface area contributed by atoms with Crippen LogP contribution in [0.15, 0.2) is 30.3 Å². The van der Waals surface area contributed by atoms with Crippen LogP contribution in [-0.4, -0.2) is 54.7 Å². The third-order valence-corrected chi connectivity index (χ3v) is 6.98. The second kappa shape index (κ2) is 7.75. The van der Waals surface area contributed by atoms with Crippen molar-refractivity contribution in [1.29, 1.82) is 0 Å². The molecule has 0 aromatic heterocycles. The summed E-state index contributed by atoms with van der Waals surface area (Å²) in [6.07, 6.45) is 3.93. The average molecular weight is 380 g/mol. The van der Waals surface area contributed by atoms with Crippen LogP contribution in [0.2, 0.25) is 0 Å². The van der Waals surface area contributed by atoms with Gasteiger partial charge in [0.1, 0.15) is 11.3 Å². The van der Waals surface area contributed by atoms with Crippen molar-refractivity contribution in [3.05, 3.63) is 35.9 Å². The first kappa shape index (κ1) is 18.8. The number of carbonyl (C=O) groups is 2. The lowest BCUT2D eigenvalue weighted by Crippen LogP contribution is -2.61. The number of benzene rings is 1. The van der Waals surface area contributed by atoms with Gasteiger partial charge in [-0.15, -0.1) is 0 Å². The first-order valence-electron chi connectivity index (χ1n) is 8.93. The number of hydrogen-bond donors (Lipinski definition) is 2. The van der Waals surface area contributed by atoms with Gasteiger partial charge < -0.3 is 10.0 Å². The Morgan fingerprint density at radius 3 is 2.35 bits per heavy atom. The minimum absolute atomic E-state index is 0.0245. The predicted molar refractivity (Wildman–Crippen MR) is 96.0 cm³/mol. The van der Waals surface area contributed by atoms with E-state index in [1.165, 1.54) is 0 Å².